The fourth-order valence-corrected chi connectivity index (χ4v) is 3.43. The number of thiophene rings is 1. The van der Waals surface area contributed by atoms with E-state index in [4.69, 9.17) is 12.2 Å². The smallest absolute Gasteiger partial charge is 0.167 e. The molecule has 0 aliphatic heterocycles. The second-order valence-corrected chi connectivity index (χ2v) is 6.82. The molecule has 0 unspecified atom stereocenters. The highest BCUT2D eigenvalue weighted by Crippen LogP contribution is 2.28. The van der Waals surface area contributed by atoms with Gasteiger partial charge in [0.1, 0.15) is 0 Å². The van der Waals surface area contributed by atoms with Gasteiger partial charge in [0, 0.05) is 11.4 Å². The Morgan fingerprint density at radius 1 is 1.14 bits per heavy atom. The molecule has 2 N–H and O–H groups in total. The Balaban J connectivity index is 2.23. The van der Waals surface area contributed by atoms with E-state index in [2.05, 4.69) is 73.2 Å². The average Bonchev–Trinajstić information content (AvgIpc) is 3.06. The van der Waals surface area contributed by atoms with Gasteiger partial charge < -0.3 is 10.6 Å². The average molecular weight is 333 g/mol. The zero-order chi connectivity index (χ0) is 15.9. The Morgan fingerprint density at radius 2 is 1.82 bits per heavy atom. The predicted molar refractivity (Wildman–Crippen MR) is 101 cm³/mol. The van der Waals surface area contributed by atoms with Gasteiger partial charge >= 0.3 is 0 Å². The van der Waals surface area contributed by atoms with Gasteiger partial charge in [-0.2, -0.15) is 0 Å². The standard InChI is InChI=1S/C18H24N2S2/c1-4-13(3)14-8-10-15(11-9-14)17(16-7-6-12-22-16)20-18(21)19-5-2/h6-13,17H,4-5H2,1-3H3,(H2,19,20,21)/t13-,17+/m1/s1. The number of hydrogen-bond acceptors (Lipinski definition) is 2. The third-order valence-corrected chi connectivity index (χ3v) is 5.09. The fourth-order valence-electron chi connectivity index (χ4n) is 2.37. The van der Waals surface area contributed by atoms with Crippen LogP contribution in [0.4, 0.5) is 0 Å². The molecule has 0 radical (unpaired) electrons. The first kappa shape index (κ1) is 17.0. The van der Waals surface area contributed by atoms with Gasteiger partial charge in [0.05, 0.1) is 6.04 Å². The van der Waals surface area contributed by atoms with Crippen LogP contribution in [0.15, 0.2) is 41.8 Å². The van der Waals surface area contributed by atoms with Crippen LogP contribution < -0.4 is 10.6 Å². The predicted octanol–water partition coefficient (Wildman–Crippen LogP) is 4.84. The van der Waals surface area contributed by atoms with Gasteiger partial charge in [-0.3, -0.25) is 0 Å². The van der Waals surface area contributed by atoms with Crippen LogP contribution in [-0.4, -0.2) is 11.7 Å². The maximum absolute atomic E-state index is 5.37. The third kappa shape index (κ3) is 4.31. The van der Waals surface area contributed by atoms with Gasteiger partial charge in [0.25, 0.3) is 0 Å². The highest BCUT2D eigenvalue weighted by Gasteiger charge is 2.16. The minimum absolute atomic E-state index is 0.109. The monoisotopic (exact) mass is 332 g/mol. The molecule has 2 rings (SSSR count). The minimum atomic E-state index is 0.109. The fraction of sp³-hybridized carbons (Fsp3) is 0.389. The summed E-state index contributed by atoms with van der Waals surface area (Å²) in [6, 6.07) is 13.3. The molecule has 1 heterocycles. The Labute approximate surface area is 143 Å². The maximum atomic E-state index is 5.37. The lowest BCUT2D eigenvalue weighted by molar-refractivity contribution is 0.727. The van der Waals surface area contributed by atoms with Crippen molar-refractivity contribution in [2.75, 3.05) is 6.54 Å². The van der Waals surface area contributed by atoms with E-state index in [9.17, 15) is 0 Å². The van der Waals surface area contributed by atoms with Gasteiger partial charge in [-0.15, -0.1) is 11.3 Å². The van der Waals surface area contributed by atoms with Gasteiger partial charge in [-0.25, -0.2) is 0 Å². The first-order valence-electron chi connectivity index (χ1n) is 7.83. The second kappa shape index (κ2) is 8.30. The lowest BCUT2D eigenvalue weighted by Gasteiger charge is -2.21. The van der Waals surface area contributed by atoms with Gasteiger partial charge in [-0.1, -0.05) is 44.2 Å². The van der Waals surface area contributed by atoms with Crippen molar-refractivity contribution in [2.24, 2.45) is 0 Å². The molecule has 0 fully saturated rings. The summed E-state index contributed by atoms with van der Waals surface area (Å²) < 4.78 is 0. The molecule has 22 heavy (non-hydrogen) atoms. The van der Waals surface area contributed by atoms with Gasteiger partial charge in [-0.05, 0) is 54.1 Å². The molecule has 0 bridgehead atoms. The van der Waals surface area contributed by atoms with E-state index in [-0.39, 0.29) is 6.04 Å². The molecule has 2 nitrogen and oxygen atoms in total. The molecule has 1 aromatic carbocycles. The molecule has 0 aliphatic carbocycles. The van der Waals surface area contributed by atoms with Gasteiger partial charge in [0.2, 0.25) is 0 Å². The van der Waals surface area contributed by atoms with Crippen molar-refractivity contribution in [1.29, 1.82) is 0 Å². The number of nitrogens with one attached hydrogen (secondary N) is 2. The van der Waals surface area contributed by atoms with E-state index >= 15 is 0 Å². The zero-order valence-electron chi connectivity index (χ0n) is 13.4. The Bertz CT molecular complexity index is 576. The summed E-state index contributed by atoms with van der Waals surface area (Å²) in [6.45, 7) is 7.37. The molecule has 2 aromatic rings. The van der Waals surface area contributed by atoms with Crippen molar-refractivity contribution >= 4 is 28.7 Å². The summed E-state index contributed by atoms with van der Waals surface area (Å²) in [6.07, 6.45) is 1.16. The molecule has 0 saturated heterocycles. The van der Waals surface area contributed by atoms with E-state index < -0.39 is 0 Å². The van der Waals surface area contributed by atoms with Crippen LogP contribution in [0, 0.1) is 0 Å². The summed E-state index contributed by atoms with van der Waals surface area (Å²) in [5, 5.41) is 9.41. The van der Waals surface area contributed by atoms with Crippen LogP contribution in [0.1, 0.15) is 55.2 Å². The van der Waals surface area contributed by atoms with E-state index in [0.29, 0.717) is 11.0 Å². The molecule has 2 atom stereocenters. The van der Waals surface area contributed by atoms with Crippen molar-refractivity contribution in [3.63, 3.8) is 0 Å². The summed E-state index contributed by atoms with van der Waals surface area (Å²) in [5.41, 5.74) is 2.64. The van der Waals surface area contributed by atoms with Crippen LogP contribution in [0.5, 0.6) is 0 Å². The number of rotatable bonds is 6. The van der Waals surface area contributed by atoms with Crippen molar-refractivity contribution in [2.45, 2.75) is 39.2 Å². The highest BCUT2D eigenvalue weighted by molar-refractivity contribution is 7.80. The van der Waals surface area contributed by atoms with Crippen LogP contribution in [0.3, 0.4) is 0 Å². The third-order valence-electron chi connectivity index (χ3n) is 3.89. The van der Waals surface area contributed by atoms with Crippen LogP contribution in [0.25, 0.3) is 0 Å². The molecule has 4 heteroatoms. The quantitative estimate of drug-likeness (QED) is 0.741. The van der Waals surface area contributed by atoms with Crippen LogP contribution in [-0.2, 0) is 0 Å². The number of hydrogen-bond donors (Lipinski definition) is 2. The Kier molecular flexibility index (Phi) is 6.40. The SMILES string of the molecule is CCNC(=S)N[C@@H](c1ccc([C@H](C)CC)cc1)c1cccs1. The normalized spacial score (nSPS) is 13.4. The van der Waals surface area contributed by atoms with Crippen molar-refractivity contribution in [3.8, 4) is 0 Å². The van der Waals surface area contributed by atoms with Gasteiger partial charge in [0.15, 0.2) is 5.11 Å². The molecule has 0 amide bonds. The molecular formula is C18H24N2S2. The second-order valence-electron chi connectivity index (χ2n) is 5.43. The largest absolute Gasteiger partial charge is 0.363 e. The summed E-state index contributed by atoms with van der Waals surface area (Å²) in [5.74, 6) is 0.602. The Morgan fingerprint density at radius 3 is 2.36 bits per heavy atom. The highest BCUT2D eigenvalue weighted by atomic mass is 32.1. The molecule has 0 saturated carbocycles. The first-order valence-corrected chi connectivity index (χ1v) is 9.12. The molecular weight excluding hydrogens is 308 g/mol. The van der Waals surface area contributed by atoms with E-state index in [1.165, 1.54) is 16.0 Å². The maximum Gasteiger partial charge on any atom is 0.167 e. The van der Waals surface area contributed by atoms with E-state index in [1.807, 2.05) is 0 Å². The van der Waals surface area contributed by atoms with Crippen LogP contribution in [0.2, 0.25) is 0 Å². The molecule has 0 aliphatic rings. The van der Waals surface area contributed by atoms with E-state index in [0.717, 1.165) is 13.0 Å². The molecule has 0 spiro atoms. The van der Waals surface area contributed by atoms with E-state index in [1.54, 1.807) is 11.3 Å². The lowest BCUT2D eigenvalue weighted by atomic mass is 9.95. The summed E-state index contributed by atoms with van der Waals surface area (Å²) in [4.78, 5) is 1.27. The zero-order valence-corrected chi connectivity index (χ0v) is 15.1. The number of benzene rings is 1. The van der Waals surface area contributed by atoms with Crippen molar-refractivity contribution in [3.05, 3.63) is 57.8 Å². The summed E-state index contributed by atoms with van der Waals surface area (Å²) >= 11 is 7.12. The van der Waals surface area contributed by atoms with Crippen LogP contribution >= 0.6 is 23.6 Å². The minimum Gasteiger partial charge on any atom is -0.363 e. The summed E-state index contributed by atoms with van der Waals surface area (Å²) in [7, 11) is 0. The Hall–Kier alpha value is -1.39. The molecule has 1 aromatic heterocycles. The number of thiocarbonyl (C=S) groups is 1. The first-order chi connectivity index (χ1) is 10.7. The topological polar surface area (TPSA) is 24.1 Å². The van der Waals surface area contributed by atoms with Crippen molar-refractivity contribution in [1.82, 2.24) is 10.6 Å². The molecule has 118 valence electrons. The lowest BCUT2D eigenvalue weighted by Crippen LogP contribution is -2.37. The van der Waals surface area contributed by atoms with Crippen molar-refractivity contribution < 1.29 is 0 Å².